The van der Waals surface area contributed by atoms with Crippen molar-refractivity contribution in [1.29, 1.82) is 0 Å². The Morgan fingerprint density at radius 2 is 1.84 bits per heavy atom. The highest BCUT2D eigenvalue weighted by atomic mass is 32.2. The molecule has 0 unspecified atom stereocenters. The molecule has 0 aromatic heterocycles. The van der Waals surface area contributed by atoms with E-state index >= 15 is 0 Å². The lowest BCUT2D eigenvalue weighted by molar-refractivity contribution is -0.170. The van der Waals surface area contributed by atoms with E-state index in [-0.39, 0.29) is 17.2 Å². The van der Waals surface area contributed by atoms with Crippen molar-refractivity contribution in [3.63, 3.8) is 0 Å². The molecule has 4 saturated carbocycles. The molecule has 1 aromatic rings. The average molecular weight is 545 g/mol. The highest BCUT2D eigenvalue weighted by Gasteiger charge is 2.85. The molecule has 9 nitrogen and oxygen atoms in total. The largest absolute Gasteiger partial charge is 0.469 e. The van der Waals surface area contributed by atoms with Crippen molar-refractivity contribution in [2.24, 2.45) is 28.6 Å². The van der Waals surface area contributed by atoms with Crippen molar-refractivity contribution in [3.05, 3.63) is 42.5 Å². The molecule has 1 spiro atoms. The molecular weight excluding hydrogens is 512 g/mol. The van der Waals surface area contributed by atoms with Crippen LogP contribution in [0.25, 0.3) is 0 Å². The summed E-state index contributed by atoms with van der Waals surface area (Å²) in [5.41, 5.74) is -3.50. The van der Waals surface area contributed by atoms with Gasteiger partial charge in [0, 0.05) is 18.8 Å². The Hall–Kier alpha value is -2.72. The zero-order chi connectivity index (χ0) is 27.3. The van der Waals surface area contributed by atoms with Gasteiger partial charge in [0.2, 0.25) is 0 Å². The first-order valence-electron chi connectivity index (χ1n) is 13.0. The Balaban J connectivity index is 1.46. The number of esters is 3. The van der Waals surface area contributed by atoms with Crippen molar-refractivity contribution >= 4 is 28.0 Å². The number of hydrogen-bond donors (Lipinski definition) is 0. The van der Waals surface area contributed by atoms with Gasteiger partial charge in [-0.15, -0.1) is 0 Å². The lowest BCUT2D eigenvalue weighted by Crippen LogP contribution is -2.54. The Morgan fingerprint density at radius 1 is 1.13 bits per heavy atom. The topological polar surface area (TPSA) is 122 Å². The lowest BCUT2D eigenvalue weighted by Gasteiger charge is -2.46. The minimum absolute atomic E-state index is 0.0539. The summed E-state index contributed by atoms with van der Waals surface area (Å²) in [6, 6.07) is 7.97. The van der Waals surface area contributed by atoms with E-state index in [1.807, 2.05) is 0 Å². The molecular formula is C28H32O9S. The monoisotopic (exact) mass is 544 g/mol. The number of methoxy groups -OCH3 is 1. The van der Waals surface area contributed by atoms with E-state index in [9.17, 15) is 22.8 Å². The Bertz CT molecular complexity index is 1360. The first-order valence-corrected chi connectivity index (χ1v) is 14.4. The molecule has 1 heterocycles. The highest BCUT2D eigenvalue weighted by molar-refractivity contribution is 7.86. The number of carbonyl (C=O) groups is 3. The van der Waals surface area contributed by atoms with E-state index in [1.54, 1.807) is 25.1 Å². The van der Waals surface area contributed by atoms with Crippen LogP contribution in [0.3, 0.4) is 0 Å². The molecule has 5 aliphatic rings. The molecule has 8 atom stereocenters. The quantitative estimate of drug-likeness (QED) is 0.238. The summed E-state index contributed by atoms with van der Waals surface area (Å²) in [5.74, 6) is -3.04. The molecule has 0 N–H and O–H groups in total. The van der Waals surface area contributed by atoms with Gasteiger partial charge in [0.15, 0.2) is 0 Å². The van der Waals surface area contributed by atoms with Gasteiger partial charge in [-0.25, -0.2) is 0 Å². The van der Waals surface area contributed by atoms with Crippen LogP contribution in [0, 0.1) is 28.6 Å². The van der Waals surface area contributed by atoms with Crippen LogP contribution in [0.5, 0.6) is 0 Å². The molecule has 6 rings (SSSR count). The van der Waals surface area contributed by atoms with Gasteiger partial charge >= 0.3 is 17.9 Å². The molecule has 38 heavy (non-hydrogen) atoms. The minimum atomic E-state index is -4.11. The lowest BCUT2D eigenvalue weighted by atomic mass is 9.59. The van der Waals surface area contributed by atoms with E-state index in [1.165, 1.54) is 26.2 Å². The van der Waals surface area contributed by atoms with E-state index in [0.29, 0.717) is 37.7 Å². The molecule has 1 aromatic carbocycles. The molecule has 204 valence electrons. The number of hydrogen-bond acceptors (Lipinski definition) is 9. The van der Waals surface area contributed by atoms with Crippen molar-refractivity contribution in [2.45, 2.75) is 74.6 Å². The zero-order valence-corrected chi connectivity index (χ0v) is 22.5. The third-order valence-corrected chi connectivity index (χ3v) is 11.7. The van der Waals surface area contributed by atoms with Gasteiger partial charge in [-0.3, -0.25) is 18.6 Å². The molecule has 0 radical (unpaired) electrons. The molecule has 1 saturated heterocycles. The Kier molecular flexibility index (Phi) is 5.32. The van der Waals surface area contributed by atoms with Gasteiger partial charge in [0.1, 0.15) is 22.7 Å². The maximum Gasteiger partial charge on any atom is 0.316 e. The summed E-state index contributed by atoms with van der Waals surface area (Å²) in [6.45, 7) is 7.30. The number of benzene rings is 1. The normalized spacial score (nSPS) is 42.7. The molecule has 1 aliphatic heterocycles. The standard InChI is InChI=1S/C28H32O9S/c1-16-14-26-15-27(16,37-38(32,33)18-8-6-5-7-9-18)12-10-19(26)28-13-11-20(35-17(2)29)25(3,24(31)36-28)22(28)21(26)23(30)34-4/h5-9,19-22H,1,10-15H2,2-4H3/t19-,20+,21-,22-,25+,26+,27+,28-/m1/s1. The number of rotatable bonds is 5. The molecule has 10 heteroatoms. The van der Waals surface area contributed by atoms with Gasteiger partial charge in [-0.1, -0.05) is 24.8 Å². The van der Waals surface area contributed by atoms with Crippen molar-refractivity contribution < 1.29 is 41.2 Å². The van der Waals surface area contributed by atoms with E-state index < -0.39 is 68.0 Å². The predicted octanol–water partition coefficient (Wildman–Crippen LogP) is 3.32. The van der Waals surface area contributed by atoms with Crippen LogP contribution in [-0.4, -0.2) is 50.7 Å². The number of fused-ring (bicyclic) bond motifs is 1. The summed E-state index contributed by atoms with van der Waals surface area (Å²) in [5, 5.41) is 0. The number of carbonyl (C=O) groups excluding carboxylic acids is 3. The van der Waals surface area contributed by atoms with Crippen LogP contribution in [-0.2, 0) is 42.9 Å². The second kappa shape index (κ2) is 7.91. The van der Waals surface area contributed by atoms with Crippen LogP contribution in [0.15, 0.2) is 47.4 Å². The summed E-state index contributed by atoms with van der Waals surface area (Å²) in [6.07, 6.45) is 1.61. The maximum absolute atomic E-state index is 13.6. The third kappa shape index (κ3) is 3.01. The fourth-order valence-electron chi connectivity index (χ4n) is 9.07. The van der Waals surface area contributed by atoms with Gasteiger partial charge in [0.05, 0.1) is 17.9 Å². The van der Waals surface area contributed by atoms with Crippen LogP contribution in [0.4, 0.5) is 0 Å². The van der Waals surface area contributed by atoms with E-state index in [4.69, 9.17) is 18.4 Å². The van der Waals surface area contributed by atoms with E-state index in [2.05, 4.69) is 6.58 Å². The second-order valence-electron chi connectivity index (χ2n) is 11.9. The van der Waals surface area contributed by atoms with Gasteiger partial charge < -0.3 is 14.2 Å². The fraction of sp³-hybridized carbons (Fsp3) is 0.607. The summed E-state index contributed by atoms with van der Waals surface area (Å²) >= 11 is 0. The summed E-state index contributed by atoms with van der Waals surface area (Å²) in [7, 11) is -2.80. The Labute approximate surface area is 222 Å². The van der Waals surface area contributed by atoms with Gasteiger partial charge in [0.25, 0.3) is 10.1 Å². The van der Waals surface area contributed by atoms with Crippen LogP contribution in [0.1, 0.15) is 52.4 Å². The molecule has 5 fully saturated rings. The second-order valence-corrected chi connectivity index (χ2v) is 13.4. The van der Waals surface area contributed by atoms with Crippen molar-refractivity contribution in [2.75, 3.05) is 7.11 Å². The van der Waals surface area contributed by atoms with Crippen molar-refractivity contribution in [1.82, 2.24) is 0 Å². The predicted molar refractivity (Wildman–Crippen MR) is 132 cm³/mol. The summed E-state index contributed by atoms with van der Waals surface area (Å²) in [4.78, 5) is 39.1. The summed E-state index contributed by atoms with van der Waals surface area (Å²) < 4.78 is 49.9. The van der Waals surface area contributed by atoms with Crippen LogP contribution in [0.2, 0.25) is 0 Å². The molecule has 4 bridgehead atoms. The Morgan fingerprint density at radius 3 is 2.50 bits per heavy atom. The first-order chi connectivity index (χ1) is 17.9. The SMILES string of the molecule is C=C1C[C@]23C[C@@]1(OS(=O)(=O)c1ccccc1)CC[C@H]2[C@@]12CC[C@H](OC(C)=O)[C@](C)(C(=O)O1)[C@H]2[C@@H]3C(=O)OC. The zero-order valence-electron chi connectivity index (χ0n) is 21.7. The highest BCUT2D eigenvalue weighted by Crippen LogP contribution is 2.79. The van der Waals surface area contributed by atoms with Gasteiger partial charge in [-0.05, 0) is 68.6 Å². The van der Waals surface area contributed by atoms with Crippen LogP contribution >= 0.6 is 0 Å². The van der Waals surface area contributed by atoms with Gasteiger partial charge in [-0.2, -0.15) is 8.42 Å². The smallest absolute Gasteiger partial charge is 0.316 e. The third-order valence-electron chi connectivity index (χ3n) is 10.3. The first kappa shape index (κ1) is 25.6. The minimum Gasteiger partial charge on any atom is -0.469 e. The average Bonchev–Trinajstić information content (AvgIpc) is 3.30. The van der Waals surface area contributed by atoms with Crippen molar-refractivity contribution in [3.8, 4) is 0 Å². The van der Waals surface area contributed by atoms with Crippen LogP contribution < -0.4 is 0 Å². The maximum atomic E-state index is 13.6. The molecule has 4 aliphatic carbocycles. The van der Waals surface area contributed by atoms with E-state index in [0.717, 1.165) is 0 Å². The molecule has 0 amide bonds. The fourth-order valence-corrected chi connectivity index (χ4v) is 10.3. The number of ether oxygens (including phenoxy) is 3.